The summed E-state index contributed by atoms with van der Waals surface area (Å²) in [7, 11) is 1.65. The van der Waals surface area contributed by atoms with Crippen molar-refractivity contribution in [2.45, 2.75) is 5.60 Å². The second-order valence-corrected chi connectivity index (χ2v) is 4.45. The summed E-state index contributed by atoms with van der Waals surface area (Å²) in [6.07, 6.45) is 1.94. The maximum atomic E-state index is 12.2. The van der Waals surface area contributed by atoms with Gasteiger partial charge in [0.15, 0.2) is 6.29 Å². The molecule has 0 bridgehead atoms. The average Bonchev–Trinajstić information content (AvgIpc) is 2.49. The summed E-state index contributed by atoms with van der Waals surface area (Å²) >= 11 is 5.92. The molecule has 0 saturated heterocycles. The Labute approximate surface area is 102 Å². The number of anilines is 1. The number of amides is 1. The van der Waals surface area contributed by atoms with Gasteiger partial charge in [-0.2, -0.15) is 0 Å². The van der Waals surface area contributed by atoms with Crippen LogP contribution in [0, 0.1) is 0 Å². The van der Waals surface area contributed by atoms with Crippen molar-refractivity contribution >= 4 is 29.5 Å². The minimum Gasteiger partial charge on any atom is -0.474 e. The van der Waals surface area contributed by atoms with Gasteiger partial charge in [0.05, 0.1) is 17.5 Å². The molecule has 17 heavy (non-hydrogen) atoms. The monoisotopic (exact) mass is 249 g/mol. The summed E-state index contributed by atoms with van der Waals surface area (Å²) in [5, 5.41) is 0.506. The van der Waals surface area contributed by atoms with Gasteiger partial charge in [0.25, 0.3) is 5.91 Å². The first-order valence-electron chi connectivity index (χ1n) is 5.03. The number of ether oxygens (including phenoxy) is 1. The Kier molecular flexibility index (Phi) is 1.89. The second kappa shape index (κ2) is 3.11. The van der Waals surface area contributed by atoms with Gasteiger partial charge in [-0.1, -0.05) is 11.6 Å². The first-order chi connectivity index (χ1) is 8.11. The van der Waals surface area contributed by atoms with Gasteiger partial charge in [-0.3, -0.25) is 9.59 Å². The molecule has 0 aromatic heterocycles. The van der Waals surface area contributed by atoms with Crippen LogP contribution in [0.25, 0.3) is 0 Å². The Bertz CT molecular complexity index is 581. The molecule has 0 saturated carbocycles. The van der Waals surface area contributed by atoms with Gasteiger partial charge >= 0.3 is 0 Å². The zero-order valence-electron chi connectivity index (χ0n) is 8.94. The van der Waals surface area contributed by atoms with E-state index in [2.05, 4.69) is 0 Å². The largest absolute Gasteiger partial charge is 0.474 e. The van der Waals surface area contributed by atoms with E-state index < -0.39 is 5.60 Å². The van der Waals surface area contributed by atoms with Gasteiger partial charge in [0.2, 0.25) is 5.60 Å². The number of carbonyl (C=O) groups is 2. The lowest BCUT2D eigenvalue weighted by molar-refractivity contribution is -0.139. The van der Waals surface area contributed by atoms with Crippen LogP contribution in [-0.4, -0.2) is 19.2 Å². The molecule has 1 aromatic carbocycles. The van der Waals surface area contributed by atoms with Crippen molar-refractivity contribution in [3.63, 3.8) is 0 Å². The minimum atomic E-state index is -1.27. The lowest BCUT2D eigenvalue weighted by Gasteiger charge is -2.34. The molecule has 0 aliphatic carbocycles. The van der Waals surface area contributed by atoms with Crippen molar-refractivity contribution in [1.82, 2.24) is 0 Å². The number of likely N-dealkylation sites (N-methyl/N-ethyl adjacent to an activating group) is 1. The van der Waals surface area contributed by atoms with Crippen molar-refractivity contribution in [2.24, 2.45) is 0 Å². The molecule has 0 radical (unpaired) electrons. The van der Waals surface area contributed by atoms with Gasteiger partial charge in [-0.15, -0.1) is 0 Å². The molecule has 2 aliphatic heterocycles. The normalized spacial score (nSPS) is 25.2. The minimum absolute atomic E-state index is 0.264. The lowest BCUT2D eigenvalue weighted by atomic mass is 9.85. The third-order valence-corrected chi connectivity index (χ3v) is 3.44. The third-order valence-electron chi connectivity index (χ3n) is 3.20. The Morgan fingerprint density at radius 1 is 1.47 bits per heavy atom. The Morgan fingerprint density at radius 3 is 2.82 bits per heavy atom. The van der Waals surface area contributed by atoms with Gasteiger partial charge in [-0.05, 0) is 18.2 Å². The summed E-state index contributed by atoms with van der Waals surface area (Å²) in [4.78, 5) is 24.6. The molecule has 5 heteroatoms. The molecule has 1 spiro atoms. The van der Waals surface area contributed by atoms with E-state index in [9.17, 15) is 9.59 Å². The highest BCUT2D eigenvalue weighted by Crippen LogP contribution is 2.51. The van der Waals surface area contributed by atoms with Crippen LogP contribution in [0.3, 0.4) is 0 Å². The van der Waals surface area contributed by atoms with E-state index >= 15 is 0 Å². The molecular formula is C12H8ClNO3. The third kappa shape index (κ3) is 1.03. The standard InChI is InChI=1S/C12H8ClNO3/c1-14-10-3-2-8(13)4-9(10)12(11(14)16)7(5-15)6-17-12/h2-6H,1H3/t12-/m0/s1. The van der Waals surface area contributed by atoms with E-state index in [0.717, 1.165) is 0 Å². The number of halogens is 1. The highest BCUT2D eigenvalue weighted by Gasteiger charge is 2.58. The fraction of sp³-hybridized carbons (Fsp3) is 0.167. The molecule has 1 amide bonds. The molecule has 2 heterocycles. The topological polar surface area (TPSA) is 46.6 Å². The van der Waals surface area contributed by atoms with Crippen LogP contribution in [0.1, 0.15) is 5.56 Å². The van der Waals surface area contributed by atoms with E-state index in [0.29, 0.717) is 28.1 Å². The number of rotatable bonds is 1. The maximum Gasteiger partial charge on any atom is 0.280 e. The highest BCUT2D eigenvalue weighted by molar-refractivity contribution is 6.31. The van der Waals surface area contributed by atoms with Crippen LogP contribution < -0.4 is 4.90 Å². The molecule has 3 rings (SSSR count). The zero-order valence-corrected chi connectivity index (χ0v) is 9.69. The number of carbonyl (C=O) groups excluding carboxylic acids is 2. The molecule has 1 aromatic rings. The fourth-order valence-corrected chi connectivity index (χ4v) is 2.46. The molecular weight excluding hydrogens is 242 g/mol. The number of hydrogen-bond donors (Lipinski definition) is 0. The Hall–Kier alpha value is -1.81. The van der Waals surface area contributed by atoms with Crippen LogP contribution in [0.5, 0.6) is 0 Å². The van der Waals surface area contributed by atoms with E-state index in [1.165, 1.54) is 11.2 Å². The Morgan fingerprint density at radius 2 is 2.24 bits per heavy atom. The predicted octanol–water partition coefficient (Wildman–Crippen LogP) is 1.62. The van der Waals surface area contributed by atoms with Gasteiger partial charge in [-0.25, -0.2) is 0 Å². The van der Waals surface area contributed by atoms with Crippen LogP contribution in [0.15, 0.2) is 30.0 Å². The second-order valence-electron chi connectivity index (χ2n) is 4.02. The summed E-state index contributed by atoms with van der Waals surface area (Å²) in [6.45, 7) is 0. The highest BCUT2D eigenvalue weighted by atomic mass is 35.5. The molecule has 0 N–H and O–H groups in total. The van der Waals surface area contributed by atoms with Crippen LogP contribution >= 0.6 is 11.6 Å². The molecule has 2 aliphatic rings. The molecule has 86 valence electrons. The molecule has 1 atom stereocenters. The van der Waals surface area contributed by atoms with E-state index in [4.69, 9.17) is 16.3 Å². The van der Waals surface area contributed by atoms with Crippen molar-refractivity contribution in [1.29, 1.82) is 0 Å². The van der Waals surface area contributed by atoms with Crippen LogP contribution in [0.4, 0.5) is 5.69 Å². The van der Waals surface area contributed by atoms with E-state index in [1.54, 1.807) is 25.2 Å². The Balaban J connectivity index is 2.28. The molecule has 0 fully saturated rings. The van der Waals surface area contributed by atoms with Crippen LogP contribution in [0.2, 0.25) is 5.02 Å². The predicted molar refractivity (Wildman–Crippen MR) is 61.8 cm³/mol. The lowest BCUT2D eigenvalue weighted by Crippen LogP contribution is -2.46. The first kappa shape index (κ1) is 10.4. The number of aldehydes is 1. The van der Waals surface area contributed by atoms with E-state index in [1.807, 2.05) is 0 Å². The number of benzene rings is 1. The van der Waals surface area contributed by atoms with E-state index in [-0.39, 0.29) is 5.91 Å². The summed E-state index contributed by atoms with van der Waals surface area (Å²) in [5.41, 5.74) is 0.404. The quantitative estimate of drug-likeness (QED) is 0.711. The number of fused-ring (bicyclic) bond motifs is 2. The fourth-order valence-electron chi connectivity index (χ4n) is 2.29. The maximum absolute atomic E-state index is 12.2. The average molecular weight is 250 g/mol. The van der Waals surface area contributed by atoms with Gasteiger partial charge < -0.3 is 9.64 Å². The molecule has 4 nitrogen and oxygen atoms in total. The van der Waals surface area contributed by atoms with Crippen LogP contribution in [-0.2, 0) is 19.9 Å². The van der Waals surface area contributed by atoms with Crippen molar-refractivity contribution < 1.29 is 14.3 Å². The number of nitrogens with zero attached hydrogens (tertiary/aromatic N) is 1. The van der Waals surface area contributed by atoms with Crippen molar-refractivity contribution in [3.05, 3.63) is 40.6 Å². The number of hydrogen-bond acceptors (Lipinski definition) is 3. The first-order valence-corrected chi connectivity index (χ1v) is 5.41. The summed E-state index contributed by atoms with van der Waals surface area (Å²) in [5.74, 6) is -0.264. The SMILES string of the molecule is CN1C(=O)[C@@]2(OC=C2C=O)c2cc(Cl)ccc21. The van der Waals surface area contributed by atoms with Gasteiger partial charge in [0.1, 0.15) is 0 Å². The zero-order chi connectivity index (χ0) is 12.2. The summed E-state index contributed by atoms with van der Waals surface area (Å²) in [6, 6.07) is 5.11. The van der Waals surface area contributed by atoms with Crippen molar-refractivity contribution in [2.75, 3.05) is 11.9 Å². The van der Waals surface area contributed by atoms with Gasteiger partial charge in [0, 0.05) is 17.6 Å². The molecule has 0 unspecified atom stereocenters. The van der Waals surface area contributed by atoms with Crippen molar-refractivity contribution in [3.8, 4) is 0 Å². The smallest absolute Gasteiger partial charge is 0.280 e. The summed E-state index contributed by atoms with van der Waals surface area (Å²) < 4.78 is 5.30.